The first-order valence-corrected chi connectivity index (χ1v) is 8.37. The van der Waals surface area contributed by atoms with Crippen LogP contribution in [0, 0.1) is 5.82 Å². The molecule has 0 radical (unpaired) electrons. The van der Waals surface area contributed by atoms with Gasteiger partial charge >= 0.3 is 0 Å². The van der Waals surface area contributed by atoms with E-state index >= 15 is 0 Å². The molecule has 2 atom stereocenters. The van der Waals surface area contributed by atoms with Gasteiger partial charge in [0.15, 0.2) is 0 Å². The van der Waals surface area contributed by atoms with Crippen molar-refractivity contribution in [2.75, 3.05) is 23.4 Å². The smallest absolute Gasteiger partial charge is 0.134 e. The molecule has 0 spiro atoms. The van der Waals surface area contributed by atoms with Gasteiger partial charge in [0.2, 0.25) is 0 Å². The summed E-state index contributed by atoms with van der Waals surface area (Å²) in [5.74, 6) is 1.35. The summed E-state index contributed by atoms with van der Waals surface area (Å²) in [4.78, 5) is 10.7. The number of aliphatic hydroxyl groups is 1. The Bertz CT molecular complexity index is 682. The molecule has 0 saturated carbocycles. The van der Waals surface area contributed by atoms with E-state index in [9.17, 15) is 9.50 Å². The molecule has 24 heavy (non-hydrogen) atoms. The van der Waals surface area contributed by atoms with Crippen molar-refractivity contribution in [3.05, 3.63) is 48.0 Å². The maximum Gasteiger partial charge on any atom is 0.134 e. The Kier molecular flexibility index (Phi) is 5.25. The monoisotopic (exact) mass is 330 g/mol. The second kappa shape index (κ2) is 7.57. The molecule has 3 rings (SSSR count). The minimum Gasteiger partial charge on any atom is -0.394 e. The quantitative estimate of drug-likeness (QED) is 0.852. The van der Waals surface area contributed by atoms with Crippen LogP contribution in [0.5, 0.6) is 0 Å². The molecule has 2 N–H and O–H groups in total. The maximum atomic E-state index is 13.8. The van der Waals surface area contributed by atoms with E-state index in [0.717, 1.165) is 25.2 Å². The standard InChI is InChI=1S/C18H23FN4O/c1-13(9-14-5-2-3-7-16(14)19)22-17-10-18(21-12-20-17)23-8-4-6-15(23)11-24/h2-3,5,7,10,12-13,15,24H,4,6,8-9,11H2,1H3,(H,20,21,22). The highest BCUT2D eigenvalue weighted by Gasteiger charge is 2.25. The number of nitrogens with one attached hydrogen (secondary N) is 1. The predicted octanol–water partition coefficient (Wildman–Crippen LogP) is 2.62. The first kappa shape index (κ1) is 16.6. The lowest BCUT2D eigenvalue weighted by Gasteiger charge is -2.24. The van der Waals surface area contributed by atoms with Gasteiger partial charge in [0.1, 0.15) is 23.8 Å². The van der Waals surface area contributed by atoms with Crippen LogP contribution in [0.2, 0.25) is 0 Å². The van der Waals surface area contributed by atoms with Gasteiger partial charge in [0.25, 0.3) is 0 Å². The van der Waals surface area contributed by atoms with E-state index in [1.54, 1.807) is 12.1 Å². The topological polar surface area (TPSA) is 61.3 Å². The molecule has 1 fully saturated rings. The Morgan fingerprint density at radius 2 is 2.21 bits per heavy atom. The molecule has 1 aliphatic heterocycles. The molecule has 6 heteroatoms. The summed E-state index contributed by atoms with van der Waals surface area (Å²) < 4.78 is 13.8. The molecule has 0 bridgehead atoms. The van der Waals surface area contributed by atoms with Crippen molar-refractivity contribution in [1.29, 1.82) is 0 Å². The van der Waals surface area contributed by atoms with Crippen LogP contribution in [0.3, 0.4) is 0 Å². The number of halogens is 1. The van der Waals surface area contributed by atoms with Crippen molar-refractivity contribution >= 4 is 11.6 Å². The van der Waals surface area contributed by atoms with E-state index in [0.29, 0.717) is 17.8 Å². The average Bonchev–Trinajstić information content (AvgIpc) is 3.06. The first-order valence-electron chi connectivity index (χ1n) is 8.37. The lowest BCUT2D eigenvalue weighted by Crippen LogP contribution is -2.32. The van der Waals surface area contributed by atoms with Crippen LogP contribution in [-0.2, 0) is 6.42 Å². The summed E-state index contributed by atoms with van der Waals surface area (Å²) in [6.07, 6.45) is 4.14. The summed E-state index contributed by atoms with van der Waals surface area (Å²) >= 11 is 0. The summed E-state index contributed by atoms with van der Waals surface area (Å²) in [5, 5.41) is 12.8. The minimum atomic E-state index is -0.183. The van der Waals surface area contributed by atoms with Gasteiger partial charge in [0.05, 0.1) is 12.6 Å². The van der Waals surface area contributed by atoms with E-state index in [-0.39, 0.29) is 24.5 Å². The molecule has 128 valence electrons. The van der Waals surface area contributed by atoms with Gasteiger partial charge in [-0.1, -0.05) is 18.2 Å². The number of nitrogens with zero attached hydrogens (tertiary/aromatic N) is 3. The van der Waals surface area contributed by atoms with E-state index in [4.69, 9.17) is 0 Å². The van der Waals surface area contributed by atoms with E-state index in [1.807, 2.05) is 19.1 Å². The zero-order chi connectivity index (χ0) is 16.9. The van der Waals surface area contributed by atoms with E-state index < -0.39 is 0 Å². The molecule has 0 aliphatic carbocycles. The SMILES string of the molecule is CC(Cc1ccccc1F)Nc1cc(N2CCCC2CO)ncn1. The molecule has 1 aliphatic rings. The summed E-state index contributed by atoms with van der Waals surface area (Å²) in [5.41, 5.74) is 0.687. The molecule has 0 amide bonds. The third-order valence-corrected chi connectivity index (χ3v) is 4.41. The molecular weight excluding hydrogens is 307 g/mol. The van der Waals surface area contributed by atoms with Crippen LogP contribution in [-0.4, -0.2) is 40.3 Å². The summed E-state index contributed by atoms with van der Waals surface area (Å²) in [6.45, 7) is 3.03. The van der Waals surface area contributed by atoms with E-state index in [2.05, 4.69) is 20.2 Å². The highest BCUT2D eigenvalue weighted by Crippen LogP contribution is 2.25. The maximum absolute atomic E-state index is 13.8. The van der Waals surface area contributed by atoms with Crippen molar-refractivity contribution in [3.63, 3.8) is 0 Å². The normalized spacial score (nSPS) is 18.6. The van der Waals surface area contributed by atoms with Crippen molar-refractivity contribution < 1.29 is 9.50 Å². The van der Waals surface area contributed by atoms with Crippen molar-refractivity contribution in [2.24, 2.45) is 0 Å². The largest absolute Gasteiger partial charge is 0.394 e. The molecule has 2 heterocycles. The van der Waals surface area contributed by atoms with Crippen LogP contribution in [0.25, 0.3) is 0 Å². The van der Waals surface area contributed by atoms with Gasteiger partial charge in [-0.3, -0.25) is 0 Å². The number of aromatic nitrogens is 2. The Balaban J connectivity index is 1.67. The van der Waals surface area contributed by atoms with Gasteiger partial charge in [-0.15, -0.1) is 0 Å². The lowest BCUT2D eigenvalue weighted by molar-refractivity contribution is 0.266. The molecule has 5 nitrogen and oxygen atoms in total. The van der Waals surface area contributed by atoms with Crippen molar-refractivity contribution in [2.45, 2.75) is 38.3 Å². The fourth-order valence-electron chi connectivity index (χ4n) is 3.21. The molecule has 1 aromatic carbocycles. The van der Waals surface area contributed by atoms with Crippen LogP contribution < -0.4 is 10.2 Å². The minimum absolute atomic E-state index is 0.0388. The number of rotatable bonds is 6. The van der Waals surface area contributed by atoms with Gasteiger partial charge < -0.3 is 15.3 Å². The molecule has 2 unspecified atom stereocenters. The van der Waals surface area contributed by atoms with Crippen LogP contribution in [0.1, 0.15) is 25.3 Å². The Morgan fingerprint density at radius 1 is 1.38 bits per heavy atom. The van der Waals surface area contributed by atoms with Gasteiger partial charge in [0, 0.05) is 18.7 Å². The Morgan fingerprint density at radius 3 is 3.00 bits per heavy atom. The van der Waals surface area contributed by atoms with Gasteiger partial charge in [-0.2, -0.15) is 0 Å². The summed E-state index contributed by atoms with van der Waals surface area (Å²) in [6, 6.07) is 8.88. The zero-order valence-corrected chi connectivity index (χ0v) is 13.8. The Labute approximate surface area is 141 Å². The second-order valence-corrected chi connectivity index (χ2v) is 6.27. The molecular formula is C18H23FN4O. The van der Waals surface area contributed by atoms with Crippen molar-refractivity contribution in [1.82, 2.24) is 9.97 Å². The third-order valence-electron chi connectivity index (χ3n) is 4.41. The summed E-state index contributed by atoms with van der Waals surface area (Å²) in [7, 11) is 0. The molecule has 2 aromatic rings. The number of anilines is 2. The first-order chi connectivity index (χ1) is 11.7. The van der Waals surface area contributed by atoms with Crippen molar-refractivity contribution in [3.8, 4) is 0 Å². The number of hydrogen-bond acceptors (Lipinski definition) is 5. The van der Waals surface area contributed by atoms with Gasteiger partial charge in [-0.05, 0) is 37.8 Å². The predicted molar refractivity (Wildman–Crippen MR) is 92.7 cm³/mol. The van der Waals surface area contributed by atoms with E-state index in [1.165, 1.54) is 12.4 Å². The molecule has 1 saturated heterocycles. The fourth-order valence-corrected chi connectivity index (χ4v) is 3.21. The highest BCUT2D eigenvalue weighted by atomic mass is 19.1. The lowest BCUT2D eigenvalue weighted by atomic mass is 10.1. The molecule has 1 aromatic heterocycles. The average molecular weight is 330 g/mol. The van der Waals surface area contributed by atoms with Crippen LogP contribution in [0.4, 0.5) is 16.0 Å². The number of aliphatic hydroxyl groups excluding tert-OH is 1. The number of hydrogen-bond donors (Lipinski definition) is 2. The fraction of sp³-hybridized carbons (Fsp3) is 0.444. The third kappa shape index (κ3) is 3.82. The second-order valence-electron chi connectivity index (χ2n) is 6.27. The zero-order valence-electron chi connectivity index (χ0n) is 13.8. The van der Waals surface area contributed by atoms with Crippen LogP contribution >= 0.6 is 0 Å². The van der Waals surface area contributed by atoms with Crippen LogP contribution in [0.15, 0.2) is 36.7 Å². The van der Waals surface area contributed by atoms with Gasteiger partial charge in [-0.25, -0.2) is 14.4 Å². The Hall–Kier alpha value is -2.21. The number of benzene rings is 1. The highest BCUT2D eigenvalue weighted by molar-refractivity contribution is 5.50.